The van der Waals surface area contributed by atoms with Gasteiger partial charge in [-0.3, -0.25) is 9.13 Å². The average molecular weight is 630 g/mol. The lowest BCUT2D eigenvalue weighted by molar-refractivity contribution is 0.972. The van der Waals surface area contributed by atoms with Crippen molar-refractivity contribution in [2.45, 2.75) is 6.92 Å². The molecule has 0 atom stereocenters. The van der Waals surface area contributed by atoms with E-state index in [-0.39, 0.29) is 0 Å². The highest BCUT2D eigenvalue weighted by Gasteiger charge is 2.23. The predicted molar refractivity (Wildman–Crippen MR) is 203 cm³/mol. The van der Waals surface area contributed by atoms with Gasteiger partial charge < -0.3 is 0 Å². The van der Waals surface area contributed by atoms with Gasteiger partial charge in [-0.2, -0.15) is 0 Å². The van der Waals surface area contributed by atoms with Gasteiger partial charge in [-0.25, -0.2) is 15.0 Å². The zero-order valence-electron chi connectivity index (χ0n) is 27.0. The van der Waals surface area contributed by atoms with Crippen molar-refractivity contribution in [2.75, 3.05) is 0 Å². The minimum atomic E-state index is 0.619. The molecule has 9 aromatic rings. The van der Waals surface area contributed by atoms with Gasteiger partial charge in [0.15, 0.2) is 0 Å². The van der Waals surface area contributed by atoms with Crippen LogP contribution in [-0.4, -0.2) is 24.1 Å². The van der Waals surface area contributed by atoms with Crippen molar-refractivity contribution in [3.8, 4) is 22.9 Å². The van der Waals surface area contributed by atoms with Crippen LogP contribution >= 0.6 is 0 Å². The first-order chi connectivity index (χ1) is 24.2. The Morgan fingerprint density at radius 3 is 2.14 bits per heavy atom. The lowest BCUT2D eigenvalue weighted by Gasteiger charge is -2.13. The summed E-state index contributed by atoms with van der Waals surface area (Å²) < 4.78 is 4.41. The summed E-state index contributed by atoms with van der Waals surface area (Å²) in [7, 11) is 0. The van der Waals surface area contributed by atoms with E-state index in [9.17, 15) is 0 Å². The molecule has 232 valence electrons. The average Bonchev–Trinajstić information content (AvgIpc) is 3.67. The Balaban J connectivity index is 1.28. The normalized spacial score (nSPS) is 11.8. The van der Waals surface area contributed by atoms with Crippen LogP contribution in [0.3, 0.4) is 0 Å². The van der Waals surface area contributed by atoms with Crippen LogP contribution in [0.1, 0.15) is 23.7 Å². The highest BCUT2D eigenvalue weighted by atomic mass is 15.2. The number of hydrogen-bond acceptors (Lipinski definition) is 3. The van der Waals surface area contributed by atoms with Gasteiger partial charge in [0.25, 0.3) is 0 Å². The van der Waals surface area contributed by atoms with Crippen LogP contribution in [0.15, 0.2) is 158 Å². The molecule has 5 heteroatoms. The van der Waals surface area contributed by atoms with E-state index in [4.69, 9.17) is 21.5 Å². The lowest BCUT2D eigenvalue weighted by Crippen LogP contribution is -2.05. The molecule has 4 aromatic heterocycles. The van der Waals surface area contributed by atoms with Crippen LogP contribution in [0.25, 0.3) is 78.3 Å². The van der Waals surface area contributed by atoms with Crippen LogP contribution < -0.4 is 0 Å². The topological polar surface area (TPSA) is 48.5 Å². The fourth-order valence-electron chi connectivity index (χ4n) is 7.11. The van der Waals surface area contributed by atoms with E-state index in [0.29, 0.717) is 5.95 Å². The molecule has 0 N–H and O–H groups in total. The van der Waals surface area contributed by atoms with Crippen molar-refractivity contribution >= 4 is 55.4 Å². The van der Waals surface area contributed by atoms with E-state index in [1.807, 2.05) is 43.5 Å². The lowest BCUT2D eigenvalue weighted by atomic mass is 9.95. The predicted octanol–water partition coefficient (Wildman–Crippen LogP) is 10.8. The molecule has 0 unspecified atom stereocenters. The third-order valence-electron chi connectivity index (χ3n) is 9.27. The number of para-hydroxylation sites is 3. The largest absolute Gasteiger partial charge is 0.294 e. The Hall–Kier alpha value is -6.59. The van der Waals surface area contributed by atoms with Gasteiger partial charge >= 0.3 is 0 Å². The maximum absolute atomic E-state index is 5.27. The fourth-order valence-corrected chi connectivity index (χ4v) is 7.11. The second-order valence-electron chi connectivity index (χ2n) is 12.1. The Morgan fingerprint density at radius 2 is 1.33 bits per heavy atom. The molecular weight excluding hydrogens is 599 g/mol. The molecule has 49 heavy (non-hydrogen) atoms. The van der Waals surface area contributed by atoms with E-state index in [0.717, 1.165) is 83.1 Å². The summed E-state index contributed by atoms with van der Waals surface area (Å²) in [5, 5.41) is 4.34. The van der Waals surface area contributed by atoms with Crippen molar-refractivity contribution < 1.29 is 0 Å². The molecule has 0 aliphatic rings. The maximum atomic E-state index is 5.27. The van der Waals surface area contributed by atoms with Gasteiger partial charge in [0.2, 0.25) is 5.95 Å². The standard InChI is InChI=1S/C44H31N5/c1-3-15-40-41(29(2)31-25-26-39-36(28-31)33-22-14-27-45-43(33)48(39)32-18-8-5-9-19-32)35-21-11-13-24-38(35)49(40)44-46-37-23-12-10-20-34(37)42(47-44)30-16-6-4-7-17-30/h3-28H,2H2,1H3/b15-3-. The summed E-state index contributed by atoms with van der Waals surface area (Å²) in [6.07, 6.45) is 6.07. The molecule has 5 aromatic carbocycles. The van der Waals surface area contributed by atoms with E-state index < -0.39 is 0 Å². The number of pyridine rings is 1. The second-order valence-corrected chi connectivity index (χ2v) is 12.1. The molecule has 0 spiro atoms. The quantitative estimate of drug-likeness (QED) is 0.184. The van der Waals surface area contributed by atoms with Gasteiger partial charge in [0, 0.05) is 44.6 Å². The van der Waals surface area contributed by atoms with Gasteiger partial charge in [-0.15, -0.1) is 0 Å². The smallest absolute Gasteiger partial charge is 0.235 e. The molecule has 0 bridgehead atoms. The van der Waals surface area contributed by atoms with Crippen LogP contribution in [0.2, 0.25) is 0 Å². The van der Waals surface area contributed by atoms with Crippen LogP contribution in [0, 0.1) is 0 Å². The molecule has 0 saturated heterocycles. The molecule has 0 aliphatic carbocycles. The number of aromatic nitrogens is 5. The first kappa shape index (κ1) is 28.6. The number of benzene rings is 5. The molecule has 0 amide bonds. The monoisotopic (exact) mass is 629 g/mol. The van der Waals surface area contributed by atoms with Crippen LogP contribution in [-0.2, 0) is 0 Å². The van der Waals surface area contributed by atoms with Crippen molar-refractivity contribution in [3.05, 3.63) is 175 Å². The minimum absolute atomic E-state index is 0.619. The van der Waals surface area contributed by atoms with Crippen molar-refractivity contribution in [2.24, 2.45) is 0 Å². The summed E-state index contributed by atoms with van der Waals surface area (Å²) in [5.74, 6) is 0.619. The van der Waals surface area contributed by atoms with Crippen molar-refractivity contribution in [1.82, 2.24) is 24.1 Å². The minimum Gasteiger partial charge on any atom is -0.294 e. The second kappa shape index (κ2) is 11.6. The fraction of sp³-hybridized carbons (Fsp3) is 0.0227. The number of rotatable bonds is 6. The Morgan fingerprint density at radius 1 is 0.633 bits per heavy atom. The van der Waals surface area contributed by atoms with Gasteiger partial charge in [-0.05, 0) is 72.7 Å². The zero-order chi connectivity index (χ0) is 32.9. The molecule has 0 aliphatic heterocycles. The Kier molecular flexibility index (Phi) is 6.76. The first-order valence-corrected chi connectivity index (χ1v) is 16.4. The molecule has 9 rings (SSSR count). The summed E-state index contributed by atoms with van der Waals surface area (Å²) in [5.41, 5.74) is 11.0. The summed E-state index contributed by atoms with van der Waals surface area (Å²) in [4.78, 5) is 15.2. The summed E-state index contributed by atoms with van der Waals surface area (Å²) in [6.45, 7) is 6.80. The van der Waals surface area contributed by atoms with Crippen molar-refractivity contribution in [1.29, 1.82) is 0 Å². The van der Waals surface area contributed by atoms with E-state index >= 15 is 0 Å². The van der Waals surface area contributed by atoms with E-state index in [1.165, 1.54) is 0 Å². The molecule has 0 radical (unpaired) electrons. The SMILES string of the molecule is C=C(c1ccc2c(c1)c1cccnc1n2-c1ccccc1)c1c(/C=C\C)n(-c2nc(-c3ccccc3)c3ccccc3n2)c2ccccc12. The Labute approximate surface area is 283 Å². The van der Waals surface area contributed by atoms with Crippen LogP contribution in [0.4, 0.5) is 0 Å². The summed E-state index contributed by atoms with van der Waals surface area (Å²) >= 11 is 0. The first-order valence-electron chi connectivity index (χ1n) is 16.4. The Bertz CT molecular complexity index is 2730. The molecule has 4 heterocycles. The maximum Gasteiger partial charge on any atom is 0.235 e. The molecule has 0 saturated carbocycles. The third kappa shape index (κ3) is 4.59. The zero-order valence-corrected chi connectivity index (χ0v) is 27.0. The van der Waals surface area contributed by atoms with Gasteiger partial charge in [0.05, 0.1) is 27.9 Å². The van der Waals surface area contributed by atoms with E-state index in [1.54, 1.807) is 0 Å². The number of hydrogen-bond donors (Lipinski definition) is 0. The number of allylic oxidation sites excluding steroid dienone is 1. The molecule has 5 nitrogen and oxygen atoms in total. The number of fused-ring (bicyclic) bond motifs is 5. The van der Waals surface area contributed by atoms with Crippen molar-refractivity contribution in [3.63, 3.8) is 0 Å². The number of nitrogens with zero attached hydrogens (tertiary/aromatic N) is 5. The van der Waals surface area contributed by atoms with Gasteiger partial charge in [-0.1, -0.05) is 104 Å². The highest BCUT2D eigenvalue weighted by molar-refractivity contribution is 6.10. The molecule has 0 fully saturated rings. The molecular formula is C44H31N5. The van der Waals surface area contributed by atoms with Gasteiger partial charge in [0.1, 0.15) is 5.65 Å². The third-order valence-corrected chi connectivity index (χ3v) is 9.27. The summed E-state index contributed by atoms with van der Waals surface area (Å²) in [6, 6.07) is 48.2. The highest BCUT2D eigenvalue weighted by Crippen LogP contribution is 2.40. The van der Waals surface area contributed by atoms with Crippen LogP contribution in [0.5, 0.6) is 0 Å². The van der Waals surface area contributed by atoms with E-state index in [2.05, 4.69) is 130 Å².